The fourth-order valence-electron chi connectivity index (χ4n) is 4.30. The molecule has 216 valence electrons. The maximum absolute atomic E-state index is 12.5. The van der Waals surface area contributed by atoms with E-state index in [9.17, 15) is 34.8 Å². The highest BCUT2D eigenvalue weighted by atomic mass is 16.6. The van der Waals surface area contributed by atoms with Crippen molar-refractivity contribution in [1.29, 1.82) is 5.41 Å². The number of carbonyl (C=O) groups excluding carboxylic acids is 2. The summed E-state index contributed by atoms with van der Waals surface area (Å²) in [6.45, 7) is 1.01. The molecule has 0 aromatic heterocycles. The molecule has 3 rings (SSSR count). The summed E-state index contributed by atoms with van der Waals surface area (Å²) in [6, 6.07) is 9.54. The number of ether oxygens (including phenoxy) is 2. The van der Waals surface area contributed by atoms with Crippen molar-refractivity contribution in [2.24, 2.45) is 11.7 Å². The summed E-state index contributed by atoms with van der Waals surface area (Å²) in [4.78, 5) is 36.6. The molecule has 1 heterocycles. The molecule has 1 aliphatic heterocycles. The summed E-state index contributed by atoms with van der Waals surface area (Å²) in [5.41, 5.74) is 5.50. The molecule has 40 heavy (non-hydrogen) atoms. The number of aromatic hydroxyl groups is 1. The number of phenolic OH excluding ortho intramolecular Hbond substituents is 1. The lowest BCUT2D eigenvalue weighted by Crippen LogP contribution is -2.56. The Balaban J connectivity index is 1.55. The van der Waals surface area contributed by atoms with Gasteiger partial charge in [-0.25, -0.2) is 9.59 Å². The number of hydrogen-bond donors (Lipinski definition) is 9. The summed E-state index contributed by atoms with van der Waals surface area (Å²) in [7, 11) is 0. The topological polar surface area (TPSA) is 237 Å². The number of phenols is 1. The van der Waals surface area contributed by atoms with Gasteiger partial charge < -0.3 is 51.6 Å². The Bertz CT molecular complexity index is 1280. The fourth-order valence-corrected chi connectivity index (χ4v) is 4.30. The number of aliphatic hydroxyl groups excluding tert-OH is 2. The first kappa shape index (κ1) is 30.0. The van der Waals surface area contributed by atoms with Gasteiger partial charge in [-0.3, -0.25) is 10.2 Å². The maximum Gasteiger partial charge on any atom is 0.407 e. The van der Waals surface area contributed by atoms with Crippen molar-refractivity contribution in [3.8, 4) is 5.75 Å². The average molecular weight is 560 g/mol. The Labute approximate surface area is 229 Å². The molecule has 2 aromatic rings. The van der Waals surface area contributed by atoms with Crippen molar-refractivity contribution < 1.29 is 44.3 Å². The first-order valence-electron chi connectivity index (χ1n) is 12.5. The molecule has 0 aliphatic carbocycles. The molecule has 0 fully saturated rings. The molecular formula is C26H33N5O9. The largest absolute Gasteiger partial charge is 0.506 e. The first-order valence-corrected chi connectivity index (χ1v) is 12.5. The highest BCUT2D eigenvalue weighted by Gasteiger charge is 2.43. The predicted octanol–water partition coefficient (Wildman–Crippen LogP) is -0.0316. The van der Waals surface area contributed by atoms with E-state index < -0.39 is 66.6 Å². The number of nitrogens with one attached hydrogen (secondary N) is 4. The Morgan fingerprint density at radius 3 is 2.52 bits per heavy atom. The van der Waals surface area contributed by atoms with Crippen LogP contribution in [0.4, 0.5) is 4.79 Å². The molecule has 1 aliphatic rings. The van der Waals surface area contributed by atoms with E-state index in [1.165, 1.54) is 12.1 Å². The van der Waals surface area contributed by atoms with Crippen molar-refractivity contribution >= 4 is 34.7 Å². The summed E-state index contributed by atoms with van der Waals surface area (Å²) in [6.07, 6.45) is -3.79. The lowest BCUT2D eigenvalue weighted by atomic mass is 9.87. The first-order chi connectivity index (χ1) is 19.0. The van der Waals surface area contributed by atoms with Crippen LogP contribution in [0.3, 0.4) is 0 Å². The number of carbonyl (C=O) groups is 3. The minimum atomic E-state index is -1.61. The second kappa shape index (κ2) is 13.5. The van der Waals surface area contributed by atoms with E-state index in [4.69, 9.17) is 20.6 Å². The van der Waals surface area contributed by atoms with Crippen LogP contribution in [0.1, 0.15) is 23.7 Å². The summed E-state index contributed by atoms with van der Waals surface area (Å²) < 4.78 is 10.8. The number of nitrogens with two attached hydrogens (primary N) is 1. The van der Waals surface area contributed by atoms with Gasteiger partial charge in [-0.15, -0.1) is 0 Å². The minimum absolute atomic E-state index is 0.0562. The molecule has 0 spiro atoms. The molecule has 10 N–H and O–H groups in total. The average Bonchev–Trinajstić information content (AvgIpc) is 2.92. The van der Waals surface area contributed by atoms with E-state index >= 15 is 0 Å². The SMILES string of the molecule is C[C@H]1[C@H]([C@H](OC(=O)NCCCNC(=O)c2ccc3ccccc3c2O)[C@H](O)CO)OC(C(=O)O)=C[C@@H]1NC(=N)N. The van der Waals surface area contributed by atoms with Gasteiger partial charge in [-0.1, -0.05) is 37.3 Å². The summed E-state index contributed by atoms with van der Waals surface area (Å²) >= 11 is 0. The number of guanidine groups is 1. The lowest BCUT2D eigenvalue weighted by Gasteiger charge is -2.39. The summed E-state index contributed by atoms with van der Waals surface area (Å²) in [5, 5.41) is 56.2. The van der Waals surface area contributed by atoms with Gasteiger partial charge >= 0.3 is 12.1 Å². The van der Waals surface area contributed by atoms with Gasteiger partial charge in [0.25, 0.3) is 5.91 Å². The molecule has 0 radical (unpaired) electrons. The van der Waals surface area contributed by atoms with E-state index in [2.05, 4.69) is 16.0 Å². The van der Waals surface area contributed by atoms with Gasteiger partial charge in [0.1, 0.15) is 18.0 Å². The normalized spacial score (nSPS) is 19.9. The molecule has 0 bridgehead atoms. The smallest absolute Gasteiger partial charge is 0.407 e. The second-order valence-electron chi connectivity index (χ2n) is 9.20. The molecule has 0 unspecified atom stereocenters. The predicted molar refractivity (Wildman–Crippen MR) is 143 cm³/mol. The molecule has 14 heteroatoms. The number of rotatable bonds is 11. The van der Waals surface area contributed by atoms with Crippen LogP contribution in [-0.4, -0.2) is 88.4 Å². The number of aliphatic hydroxyl groups is 2. The van der Waals surface area contributed by atoms with E-state index in [-0.39, 0.29) is 30.8 Å². The van der Waals surface area contributed by atoms with Gasteiger partial charge in [-0.2, -0.15) is 0 Å². The van der Waals surface area contributed by atoms with Crippen molar-refractivity contribution in [2.45, 2.75) is 37.7 Å². The Morgan fingerprint density at radius 2 is 1.85 bits per heavy atom. The minimum Gasteiger partial charge on any atom is -0.506 e. The highest BCUT2D eigenvalue weighted by Crippen LogP contribution is 2.30. The van der Waals surface area contributed by atoms with Crippen molar-refractivity contribution in [3.05, 3.63) is 53.8 Å². The number of alkyl carbamates (subject to hydrolysis) is 1. The number of amides is 2. The van der Waals surface area contributed by atoms with Gasteiger partial charge in [0.15, 0.2) is 12.1 Å². The number of benzene rings is 2. The van der Waals surface area contributed by atoms with Gasteiger partial charge in [0.2, 0.25) is 5.76 Å². The van der Waals surface area contributed by atoms with Crippen LogP contribution in [0, 0.1) is 11.3 Å². The standard InChI is InChI=1S/C26H33N5O9/c1-13-17(31-25(27)28)11-19(24(36)37)39-21(13)22(18(33)12-32)40-26(38)30-10-4-9-29-23(35)16-8-7-14-5-2-3-6-15(14)20(16)34/h2-3,5-8,11,13,17-18,21-22,32-34H,4,9-10,12H2,1H3,(H,29,35)(H,30,38)(H,36,37)(H4,27,28,31)/t13-,17+,18-,21-,22-/m1/s1. The zero-order valence-corrected chi connectivity index (χ0v) is 21.7. The zero-order chi connectivity index (χ0) is 29.4. The van der Waals surface area contributed by atoms with Gasteiger partial charge in [0.05, 0.1) is 18.2 Å². The van der Waals surface area contributed by atoms with Crippen LogP contribution < -0.4 is 21.7 Å². The van der Waals surface area contributed by atoms with Crippen LogP contribution in [0.5, 0.6) is 5.75 Å². The number of aliphatic carboxylic acids is 1. The Morgan fingerprint density at radius 1 is 1.15 bits per heavy atom. The third-order valence-corrected chi connectivity index (χ3v) is 6.40. The fraction of sp³-hybridized carbons (Fsp3) is 0.385. The molecular weight excluding hydrogens is 526 g/mol. The number of hydrogen-bond acceptors (Lipinski definition) is 9. The van der Waals surface area contributed by atoms with Gasteiger partial charge in [0, 0.05) is 24.4 Å². The Kier molecular flexibility index (Phi) is 10.1. The number of carboxylic acid groups (broad SMARTS) is 1. The van der Waals surface area contributed by atoms with Gasteiger partial charge in [-0.05, 0) is 23.9 Å². The number of fused-ring (bicyclic) bond motifs is 1. The second-order valence-corrected chi connectivity index (χ2v) is 9.20. The van der Waals surface area contributed by atoms with Crippen LogP contribution in [-0.2, 0) is 14.3 Å². The van der Waals surface area contributed by atoms with E-state index in [1.54, 1.807) is 25.1 Å². The third kappa shape index (κ3) is 7.30. The monoisotopic (exact) mass is 559 g/mol. The quantitative estimate of drug-likeness (QED) is 0.101. The highest BCUT2D eigenvalue weighted by molar-refractivity contribution is 6.03. The van der Waals surface area contributed by atoms with Crippen molar-refractivity contribution in [1.82, 2.24) is 16.0 Å². The van der Waals surface area contributed by atoms with Crippen LogP contribution in [0.2, 0.25) is 0 Å². The zero-order valence-electron chi connectivity index (χ0n) is 21.7. The molecule has 2 aromatic carbocycles. The van der Waals surface area contributed by atoms with Crippen molar-refractivity contribution in [2.75, 3.05) is 19.7 Å². The number of carboxylic acids is 1. The maximum atomic E-state index is 12.5. The molecule has 5 atom stereocenters. The van der Waals surface area contributed by atoms with E-state index in [1.807, 2.05) is 12.1 Å². The molecule has 2 amide bonds. The summed E-state index contributed by atoms with van der Waals surface area (Å²) in [5.74, 6) is -3.63. The Hall–Kier alpha value is -4.56. The van der Waals surface area contributed by atoms with Crippen LogP contribution in [0.25, 0.3) is 10.8 Å². The van der Waals surface area contributed by atoms with Crippen LogP contribution in [0.15, 0.2) is 48.2 Å². The van der Waals surface area contributed by atoms with Crippen LogP contribution >= 0.6 is 0 Å². The van der Waals surface area contributed by atoms with Crippen molar-refractivity contribution in [3.63, 3.8) is 0 Å². The third-order valence-electron chi connectivity index (χ3n) is 6.40. The van der Waals surface area contributed by atoms with E-state index in [0.29, 0.717) is 5.39 Å². The molecule has 14 nitrogen and oxygen atoms in total. The molecule has 0 saturated carbocycles. The lowest BCUT2D eigenvalue weighted by molar-refractivity contribution is -0.147. The van der Waals surface area contributed by atoms with E-state index in [0.717, 1.165) is 5.39 Å². The molecule has 0 saturated heterocycles.